The Morgan fingerprint density at radius 2 is 1.83 bits per heavy atom. The Hall–Kier alpha value is -1.11. The van der Waals surface area contributed by atoms with E-state index in [1.165, 1.54) is 5.56 Å². The van der Waals surface area contributed by atoms with Crippen molar-refractivity contribution in [1.29, 1.82) is 0 Å². The van der Waals surface area contributed by atoms with Crippen LogP contribution >= 0.6 is 22.6 Å². The predicted octanol–water partition coefficient (Wildman–Crippen LogP) is 3.82. The van der Waals surface area contributed by atoms with Crippen molar-refractivity contribution in [2.24, 2.45) is 11.3 Å². The zero-order valence-electron chi connectivity index (χ0n) is 14.3. The zero-order chi connectivity index (χ0) is 17.2. The van der Waals surface area contributed by atoms with E-state index >= 15 is 0 Å². The Balaban J connectivity index is 1.91. The molecule has 1 fully saturated rings. The number of carbonyl (C=O) groups is 2. The van der Waals surface area contributed by atoms with Crippen LogP contribution < -0.4 is 5.32 Å². The lowest BCUT2D eigenvalue weighted by molar-refractivity contribution is -0.142. The maximum Gasteiger partial charge on any atom is 0.227 e. The van der Waals surface area contributed by atoms with Gasteiger partial charge in [-0.25, -0.2) is 0 Å². The third-order valence-electron chi connectivity index (χ3n) is 4.23. The highest BCUT2D eigenvalue weighted by Gasteiger charge is 2.32. The number of amides is 2. The van der Waals surface area contributed by atoms with Crippen molar-refractivity contribution in [3.63, 3.8) is 0 Å². The molecule has 0 bridgehead atoms. The number of piperidine rings is 1. The van der Waals surface area contributed by atoms with E-state index in [-0.39, 0.29) is 23.1 Å². The fraction of sp³-hybridized carbons (Fsp3) is 0.556. The largest absolute Gasteiger partial charge is 0.342 e. The fourth-order valence-corrected chi connectivity index (χ4v) is 3.25. The van der Waals surface area contributed by atoms with Gasteiger partial charge in [-0.15, -0.1) is 0 Å². The van der Waals surface area contributed by atoms with E-state index < -0.39 is 0 Å². The van der Waals surface area contributed by atoms with Crippen LogP contribution in [0, 0.1) is 21.8 Å². The van der Waals surface area contributed by atoms with Crippen LogP contribution in [-0.2, 0) is 9.59 Å². The summed E-state index contributed by atoms with van der Waals surface area (Å²) in [5.74, 6) is 0.218. The molecule has 23 heavy (non-hydrogen) atoms. The van der Waals surface area contributed by atoms with Crippen LogP contribution in [0.15, 0.2) is 18.2 Å². The van der Waals surface area contributed by atoms with Crippen LogP contribution in [0.2, 0.25) is 0 Å². The van der Waals surface area contributed by atoms with Crippen LogP contribution in [0.5, 0.6) is 0 Å². The van der Waals surface area contributed by atoms with E-state index in [1.54, 1.807) is 0 Å². The van der Waals surface area contributed by atoms with Gasteiger partial charge in [-0.3, -0.25) is 9.59 Å². The lowest BCUT2D eigenvalue weighted by Gasteiger charge is -2.35. The van der Waals surface area contributed by atoms with Crippen molar-refractivity contribution >= 4 is 40.1 Å². The minimum atomic E-state index is -0.353. The number of carbonyl (C=O) groups excluding carboxylic acids is 2. The van der Waals surface area contributed by atoms with Crippen molar-refractivity contribution in [2.45, 2.75) is 40.5 Å². The second kappa shape index (κ2) is 7.20. The quantitative estimate of drug-likeness (QED) is 0.729. The molecule has 0 aliphatic carbocycles. The van der Waals surface area contributed by atoms with Gasteiger partial charge < -0.3 is 10.2 Å². The summed E-state index contributed by atoms with van der Waals surface area (Å²) in [6.07, 6.45) is 1.47. The first kappa shape index (κ1) is 18.2. The third-order valence-corrected chi connectivity index (χ3v) is 5.40. The number of hydrogen-bond donors (Lipinski definition) is 1. The number of likely N-dealkylation sites (tertiary alicyclic amines) is 1. The minimum absolute atomic E-state index is 0.0158. The SMILES string of the molecule is Cc1ccc(NC(=O)C2CCN(C(=O)C(C)(C)C)CC2)cc1I. The highest BCUT2D eigenvalue weighted by Crippen LogP contribution is 2.25. The first-order valence-corrected chi connectivity index (χ1v) is 9.13. The van der Waals surface area contributed by atoms with Crippen LogP contribution in [0.1, 0.15) is 39.2 Å². The van der Waals surface area contributed by atoms with Gasteiger partial charge in [0, 0.05) is 33.7 Å². The van der Waals surface area contributed by atoms with E-state index in [0.29, 0.717) is 13.1 Å². The third kappa shape index (κ3) is 4.68. The topological polar surface area (TPSA) is 49.4 Å². The summed E-state index contributed by atoms with van der Waals surface area (Å²) in [7, 11) is 0. The Kier molecular flexibility index (Phi) is 5.70. The molecule has 1 aliphatic rings. The number of anilines is 1. The monoisotopic (exact) mass is 428 g/mol. The molecule has 4 nitrogen and oxygen atoms in total. The molecule has 5 heteroatoms. The standard InChI is InChI=1S/C18H25IN2O2/c1-12-5-6-14(11-15(12)19)20-16(22)13-7-9-21(10-8-13)17(23)18(2,3)4/h5-6,11,13H,7-10H2,1-4H3,(H,20,22). The van der Waals surface area contributed by atoms with Crippen LogP contribution in [0.25, 0.3) is 0 Å². The molecule has 2 rings (SSSR count). The Bertz CT molecular complexity index is 600. The Labute approximate surface area is 152 Å². The molecule has 2 amide bonds. The van der Waals surface area contributed by atoms with Crippen LogP contribution in [0.3, 0.4) is 0 Å². The van der Waals surface area contributed by atoms with Gasteiger partial charge in [-0.1, -0.05) is 26.8 Å². The van der Waals surface area contributed by atoms with Gasteiger partial charge in [-0.2, -0.15) is 0 Å². The summed E-state index contributed by atoms with van der Waals surface area (Å²) >= 11 is 2.27. The Morgan fingerprint density at radius 1 is 1.22 bits per heavy atom. The van der Waals surface area contributed by atoms with Crippen molar-refractivity contribution in [1.82, 2.24) is 4.90 Å². The minimum Gasteiger partial charge on any atom is -0.342 e. The van der Waals surface area contributed by atoms with Gasteiger partial charge in [0.2, 0.25) is 11.8 Å². The summed E-state index contributed by atoms with van der Waals surface area (Å²) in [4.78, 5) is 26.6. The van der Waals surface area contributed by atoms with E-state index in [9.17, 15) is 9.59 Å². The molecule has 0 radical (unpaired) electrons. The molecule has 0 saturated carbocycles. The second-order valence-electron chi connectivity index (χ2n) is 7.27. The maximum absolute atomic E-state index is 12.4. The summed E-state index contributed by atoms with van der Waals surface area (Å²) in [5, 5.41) is 3.01. The number of nitrogens with zero attached hydrogens (tertiary/aromatic N) is 1. The van der Waals surface area contributed by atoms with Gasteiger partial charge in [0.15, 0.2) is 0 Å². The highest BCUT2D eigenvalue weighted by atomic mass is 127. The van der Waals surface area contributed by atoms with E-state index in [4.69, 9.17) is 0 Å². The molecule has 1 aromatic carbocycles. The van der Waals surface area contributed by atoms with Crippen molar-refractivity contribution < 1.29 is 9.59 Å². The average Bonchev–Trinajstić information content (AvgIpc) is 2.49. The number of aryl methyl sites for hydroxylation is 1. The van der Waals surface area contributed by atoms with Crippen LogP contribution in [0.4, 0.5) is 5.69 Å². The van der Waals surface area contributed by atoms with Crippen molar-refractivity contribution in [3.05, 3.63) is 27.3 Å². The number of halogens is 1. The predicted molar refractivity (Wildman–Crippen MR) is 101 cm³/mol. The molecule has 1 aromatic rings. The van der Waals surface area contributed by atoms with Crippen molar-refractivity contribution in [3.8, 4) is 0 Å². The van der Waals surface area contributed by atoms with E-state index in [1.807, 2.05) is 43.9 Å². The molecule has 126 valence electrons. The molecular formula is C18H25IN2O2. The summed E-state index contributed by atoms with van der Waals surface area (Å²) in [6, 6.07) is 5.95. The molecule has 0 aromatic heterocycles. The summed E-state index contributed by atoms with van der Waals surface area (Å²) in [6.45, 7) is 9.20. The van der Waals surface area contributed by atoms with Gasteiger partial charge in [-0.05, 0) is 60.1 Å². The summed E-state index contributed by atoms with van der Waals surface area (Å²) in [5.41, 5.74) is 1.70. The smallest absolute Gasteiger partial charge is 0.227 e. The first-order valence-electron chi connectivity index (χ1n) is 8.05. The zero-order valence-corrected chi connectivity index (χ0v) is 16.4. The Morgan fingerprint density at radius 3 is 2.35 bits per heavy atom. The molecule has 1 N–H and O–H groups in total. The molecule has 1 heterocycles. The maximum atomic E-state index is 12.4. The van der Waals surface area contributed by atoms with Gasteiger partial charge in [0.05, 0.1) is 0 Å². The molecule has 0 atom stereocenters. The van der Waals surface area contributed by atoms with Gasteiger partial charge in [0.25, 0.3) is 0 Å². The highest BCUT2D eigenvalue weighted by molar-refractivity contribution is 14.1. The molecule has 0 spiro atoms. The normalized spacial score (nSPS) is 16.3. The van der Waals surface area contributed by atoms with Crippen molar-refractivity contribution in [2.75, 3.05) is 18.4 Å². The number of hydrogen-bond acceptors (Lipinski definition) is 2. The molecular weight excluding hydrogens is 403 g/mol. The lowest BCUT2D eigenvalue weighted by Crippen LogP contribution is -2.45. The van der Waals surface area contributed by atoms with Gasteiger partial charge in [0.1, 0.15) is 0 Å². The molecule has 1 saturated heterocycles. The van der Waals surface area contributed by atoms with E-state index in [2.05, 4.69) is 34.8 Å². The number of rotatable bonds is 2. The van der Waals surface area contributed by atoms with Crippen LogP contribution in [-0.4, -0.2) is 29.8 Å². The van der Waals surface area contributed by atoms with Gasteiger partial charge >= 0.3 is 0 Å². The first-order chi connectivity index (χ1) is 10.7. The fourth-order valence-electron chi connectivity index (χ4n) is 2.73. The second-order valence-corrected chi connectivity index (χ2v) is 8.43. The summed E-state index contributed by atoms with van der Waals surface area (Å²) < 4.78 is 1.14. The van der Waals surface area contributed by atoms with E-state index in [0.717, 1.165) is 22.1 Å². The molecule has 1 aliphatic heterocycles. The molecule has 0 unspecified atom stereocenters. The average molecular weight is 428 g/mol. The lowest BCUT2D eigenvalue weighted by atomic mass is 9.90. The number of nitrogens with one attached hydrogen (secondary N) is 1. The number of benzene rings is 1.